The third-order valence-corrected chi connectivity index (χ3v) is 10.9. The highest BCUT2D eigenvalue weighted by molar-refractivity contribution is 7.93. The number of ether oxygens (including phenoxy) is 1. The molecule has 1 fully saturated rings. The van der Waals surface area contributed by atoms with E-state index in [-0.39, 0.29) is 36.8 Å². The third kappa shape index (κ3) is 6.79. The SMILES string of the molecule is CN(c1ccccc1)S(=O)(=O)c1cc(C(=O)Nc2cc(S(=O)(=O)Nc3ccccc3Cl)ccc2N2CCOCC2)ccc1Cl. The number of carbonyl (C=O) groups is 1. The van der Waals surface area contributed by atoms with Crippen molar-refractivity contribution in [3.8, 4) is 0 Å². The molecule has 4 aromatic rings. The molecule has 0 saturated carbocycles. The maximum Gasteiger partial charge on any atom is 0.265 e. The number of sulfonamides is 2. The highest BCUT2D eigenvalue weighted by Crippen LogP contribution is 2.33. The summed E-state index contributed by atoms with van der Waals surface area (Å²) in [4.78, 5) is 15.2. The molecule has 2 N–H and O–H groups in total. The first kappa shape index (κ1) is 31.6. The molecule has 1 saturated heterocycles. The second-order valence-corrected chi connectivity index (χ2v) is 14.2. The molecule has 0 atom stereocenters. The average molecular weight is 676 g/mol. The predicted octanol–water partition coefficient (Wildman–Crippen LogP) is 5.71. The Morgan fingerprint density at radius 2 is 1.50 bits per heavy atom. The second-order valence-electron chi connectivity index (χ2n) is 9.77. The van der Waals surface area contributed by atoms with Crippen molar-refractivity contribution < 1.29 is 26.4 Å². The Hall–Kier alpha value is -3.81. The molecule has 1 amide bonds. The number of nitrogens with zero attached hydrogens (tertiary/aromatic N) is 2. The van der Waals surface area contributed by atoms with Crippen LogP contribution in [0.4, 0.5) is 22.7 Å². The number of morpholine rings is 1. The monoisotopic (exact) mass is 674 g/mol. The maximum atomic E-state index is 13.6. The minimum atomic E-state index is -4.14. The molecule has 44 heavy (non-hydrogen) atoms. The number of para-hydroxylation sites is 2. The van der Waals surface area contributed by atoms with Crippen LogP contribution in [-0.4, -0.2) is 56.1 Å². The molecular weight excluding hydrogens is 647 g/mol. The number of rotatable bonds is 9. The molecule has 1 aliphatic heterocycles. The lowest BCUT2D eigenvalue weighted by molar-refractivity contribution is 0.102. The van der Waals surface area contributed by atoms with Crippen molar-refractivity contribution >= 4 is 71.9 Å². The summed E-state index contributed by atoms with van der Waals surface area (Å²) in [5.41, 5.74) is 1.40. The fourth-order valence-corrected chi connectivity index (χ4v) is 7.61. The fourth-order valence-electron chi connectivity index (χ4n) is 4.57. The van der Waals surface area contributed by atoms with Gasteiger partial charge in [0, 0.05) is 25.7 Å². The molecule has 4 aromatic carbocycles. The zero-order chi connectivity index (χ0) is 31.5. The lowest BCUT2D eigenvalue weighted by Gasteiger charge is -2.31. The van der Waals surface area contributed by atoms with Gasteiger partial charge in [0.2, 0.25) is 0 Å². The molecule has 0 aliphatic carbocycles. The molecule has 1 aliphatic rings. The largest absolute Gasteiger partial charge is 0.378 e. The summed E-state index contributed by atoms with van der Waals surface area (Å²) in [5, 5.41) is 2.94. The van der Waals surface area contributed by atoms with Gasteiger partial charge in [0.05, 0.1) is 50.9 Å². The molecule has 230 valence electrons. The van der Waals surface area contributed by atoms with Crippen LogP contribution < -0.4 is 19.2 Å². The lowest BCUT2D eigenvalue weighted by Crippen LogP contribution is -2.36. The standard InChI is InChI=1S/C30H28Cl2N4O6S2/c1-35(22-7-3-2-4-8-22)44(40,41)29-19-21(11-13-25(29)32)30(37)33-27-20-23(12-14-28(27)36-15-17-42-18-16-36)43(38,39)34-26-10-6-5-9-24(26)31/h2-14,19-20,34H,15-18H2,1H3,(H,33,37). The maximum absolute atomic E-state index is 13.6. The van der Waals surface area contributed by atoms with Gasteiger partial charge in [-0.3, -0.25) is 13.8 Å². The third-order valence-electron chi connectivity index (χ3n) is 6.95. The number of amides is 1. The highest BCUT2D eigenvalue weighted by Gasteiger charge is 2.27. The Bertz CT molecular complexity index is 1900. The van der Waals surface area contributed by atoms with E-state index < -0.39 is 26.0 Å². The van der Waals surface area contributed by atoms with Gasteiger partial charge in [0.15, 0.2) is 0 Å². The Morgan fingerprint density at radius 3 is 2.20 bits per heavy atom. The summed E-state index contributed by atoms with van der Waals surface area (Å²) < 4.78 is 62.6. The van der Waals surface area contributed by atoms with E-state index in [1.165, 1.54) is 43.4 Å². The second kappa shape index (κ2) is 13.0. The minimum Gasteiger partial charge on any atom is -0.378 e. The molecule has 0 aromatic heterocycles. The predicted molar refractivity (Wildman–Crippen MR) is 173 cm³/mol. The van der Waals surface area contributed by atoms with Crippen LogP contribution in [0, 0.1) is 0 Å². The van der Waals surface area contributed by atoms with E-state index in [9.17, 15) is 21.6 Å². The molecule has 0 unspecified atom stereocenters. The number of halogens is 2. The smallest absolute Gasteiger partial charge is 0.265 e. The van der Waals surface area contributed by atoms with E-state index in [1.807, 2.05) is 4.90 Å². The lowest BCUT2D eigenvalue weighted by atomic mass is 10.2. The van der Waals surface area contributed by atoms with E-state index in [2.05, 4.69) is 10.0 Å². The minimum absolute atomic E-state index is 0.00446. The first-order valence-electron chi connectivity index (χ1n) is 13.4. The van der Waals surface area contributed by atoms with Crippen molar-refractivity contribution in [3.63, 3.8) is 0 Å². The van der Waals surface area contributed by atoms with Crippen LogP contribution in [0.25, 0.3) is 0 Å². The van der Waals surface area contributed by atoms with Crippen LogP contribution in [-0.2, 0) is 24.8 Å². The van der Waals surface area contributed by atoms with E-state index >= 15 is 0 Å². The van der Waals surface area contributed by atoms with Gasteiger partial charge in [-0.15, -0.1) is 0 Å². The fraction of sp³-hybridized carbons (Fsp3) is 0.167. The number of benzene rings is 4. The van der Waals surface area contributed by atoms with Crippen molar-refractivity contribution in [1.29, 1.82) is 0 Å². The summed E-state index contributed by atoms with van der Waals surface area (Å²) in [5.74, 6) is -0.663. The Labute approximate surface area is 266 Å². The number of hydrogen-bond donors (Lipinski definition) is 2. The molecular formula is C30H28Cl2N4O6S2. The van der Waals surface area contributed by atoms with Gasteiger partial charge >= 0.3 is 0 Å². The van der Waals surface area contributed by atoms with Crippen molar-refractivity contribution in [2.45, 2.75) is 9.79 Å². The van der Waals surface area contributed by atoms with Crippen molar-refractivity contribution in [2.24, 2.45) is 0 Å². The Balaban J connectivity index is 1.49. The number of nitrogens with one attached hydrogen (secondary N) is 2. The number of anilines is 4. The van der Waals surface area contributed by atoms with E-state index in [4.69, 9.17) is 27.9 Å². The van der Waals surface area contributed by atoms with Crippen molar-refractivity contribution in [1.82, 2.24) is 0 Å². The summed E-state index contributed by atoms with van der Waals surface area (Å²) in [6.45, 7) is 1.94. The first-order valence-corrected chi connectivity index (χ1v) is 17.0. The van der Waals surface area contributed by atoms with Gasteiger partial charge in [-0.25, -0.2) is 16.8 Å². The normalized spacial score (nSPS) is 13.8. The van der Waals surface area contributed by atoms with Crippen LogP contribution in [0.3, 0.4) is 0 Å². The molecule has 5 rings (SSSR count). The molecule has 0 bridgehead atoms. The van der Waals surface area contributed by atoms with E-state index in [1.54, 1.807) is 54.6 Å². The van der Waals surface area contributed by atoms with Crippen LogP contribution in [0.15, 0.2) is 101 Å². The number of hydrogen-bond acceptors (Lipinski definition) is 7. The van der Waals surface area contributed by atoms with Crippen LogP contribution in [0.5, 0.6) is 0 Å². The average Bonchev–Trinajstić information content (AvgIpc) is 3.02. The van der Waals surface area contributed by atoms with Crippen LogP contribution in [0.1, 0.15) is 10.4 Å². The molecule has 0 spiro atoms. The highest BCUT2D eigenvalue weighted by atomic mass is 35.5. The van der Waals surface area contributed by atoms with Gasteiger partial charge in [-0.05, 0) is 60.7 Å². The summed E-state index contributed by atoms with van der Waals surface area (Å²) in [6, 6.07) is 23.2. The zero-order valence-electron chi connectivity index (χ0n) is 23.4. The van der Waals surface area contributed by atoms with Gasteiger partial charge in [-0.1, -0.05) is 53.5 Å². The van der Waals surface area contributed by atoms with Gasteiger partial charge in [0.1, 0.15) is 4.90 Å². The van der Waals surface area contributed by atoms with E-state index in [0.717, 1.165) is 4.31 Å². The molecule has 1 heterocycles. The van der Waals surface area contributed by atoms with Gasteiger partial charge in [0.25, 0.3) is 26.0 Å². The molecule has 10 nitrogen and oxygen atoms in total. The van der Waals surface area contributed by atoms with Crippen molar-refractivity contribution in [2.75, 3.05) is 52.6 Å². The number of carbonyl (C=O) groups excluding carboxylic acids is 1. The summed E-state index contributed by atoms with van der Waals surface area (Å²) in [6.07, 6.45) is 0. The topological polar surface area (TPSA) is 125 Å². The van der Waals surface area contributed by atoms with Gasteiger partial charge in [-0.2, -0.15) is 0 Å². The Morgan fingerprint density at radius 1 is 0.818 bits per heavy atom. The van der Waals surface area contributed by atoms with Crippen LogP contribution in [0.2, 0.25) is 10.0 Å². The first-order chi connectivity index (χ1) is 21.0. The summed E-state index contributed by atoms with van der Waals surface area (Å²) in [7, 11) is -6.85. The van der Waals surface area contributed by atoms with Gasteiger partial charge < -0.3 is 15.0 Å². The molecule has 14 heteroatoms. The quantitative estimate of drug-likeness (QED) is 0.233. The molecule has 0 radical (unpaired) electrons. The van der Waals surface area contributed by atoms with Crippen LogP contribution >= 0.6 is 23.2 Å². The van der Waals surface area contributed by atoms with E-state index in [0.29, 0.717) is 37.7 Å². The summed E-state index contributed by atoms with van der Waals surface area (Å²) >= 11 is 12.5. The zero-order valence-corrected chi connectivity index (χ0v) is 26.5. The van der Waals surface area contributed by atoms with Crippen molar-refractivity contribution in [3.05, 3.63) is 107 Å². The Kier molecular flexibility index (Phi) is 9.37.